The zero-order chi connectivity index (χ0) is 18.4. The van der Waals surface area contributed by atoms with Gasteiger partial charge in [0.15, 0.2) is 5.43 Å². The number of hydrogen-bond donors (Lipinski definition) is 3. The summed E-state index contributed by atoms with van der Waals surface area (Å²) in [5.74, 6) is -0.414. The Morgan fingerprint density at radius 3 is 2.42 bits per heavy atom. The van der Waals surface area contributed by atoms with Crippen LogP contribution in [0, 0.1) is 0 Å². The standard InChI is InChI=1S/C17H19N5O3.ClH/c1-21(2)16(24)15-13(22(3)10-9-14(15)23)11-18-20-17(25)19-12-7-5-4-6-8-12;/h4-11H,1-3H3,(H2,19,20,25);1H/b18-11+;. The maximum Gasteiger partial charge on any atom is 0.372 e. The van der Waals surface area contributed by atoms with E-state index in [4.69, 9.17) is 0 Å². The highest BCUT2D eigenvalue weighted by Crippen LogP contribution is 2.04. The number of para-hydroxylation sites is 1. The van der Waals surface area contributed by atoms with E-state index in [9.17, 15) is 14.4 Å². The van der Waals surface area contributed by atoms with Gasteiger partial charge in [-0.3, -0.25) is 9.59 Å². The van der Waals surface area contributed by atoms with Gasteiger partial charge in [0.05, 0.1) is 0 Å². The average Bonchev–Trinajstić information content (AvgIpc) is 2.58. The summed E-state index contributed by atoms with van der Waals surface area (Å²) in [5.41, 5.74) is 3.05. The van der Waals surface area contributed by atoms with Gasteiger partial charge in [-0.05, 0) is 12.1 Å². The molecule has 0 unspecified atom stereocenters. The van der Waals surface area contributed by atoms with Gasteiger partial charge in [-0.25, -0.2) is 4.79 Å². The fourth-order valence-corrected chi connectivity index (χ4v) is 2.11. The largest absolute Gasteiger partial charge is 1.00 e. The van der Waals surface area contributed by atoms with Crippen LogP contribution in [-0.4, -0.2) is 41.7 Å². The van der Waals surface area contributed by atoms with Crippen LogP contribution < -0.4 is 33.7 Å². The molecule has 0 fully saturated rings. The predicted molar refractivity (Wildman–Crippen MR) is 94.4 cm³/mol. The third kappa shape index (κ3) is 5.18. The molecule has 3 N–H and O–H groups in total. The van der Waals surface area contributed by atoms with Crippen molar-refractivity contribution < 1.29 is 27.1 Å². The summed E-state index contributed by atoms with van der Waals surface area (Å²) in [6, 6.07) is 9.78. The van der Waals surface area contributed by atoms with Crippen LogP contribution in [0.25, 0.3) is 0 Å². The minimum atomic E-state index is -0.483. The minimum absolute atomic E-state index is 0. The third-order valence-corrected chi connectivity index (χ3v) is 3.38. The van der Waals surface area contributed by atoms with Crippen LogP contribution >= 0.6 is 0 Å². The van der Waals surface area contributed by atoms with Crippen LogP contribution in [0.3, 0.4) is 0 Å². The van der Waals surface area contributed by atoms with Gasteiger partial charge in [-0.2, -0.15) is 0 Å². The summed E-state index contributed by atoms with van der Waals surface area (Å²) in [5, 5.41) is 5.24. The van der Waals surface area contributed by atoms with Crippen LogP contribution in [0.15, 0.2) is 47.4 Å². The Morgan fingerprint density at radius 1 is 1.15 bits per heavy atom. The Morgan fingerprint density at radius 2 is 1.81 bits per heavy atom. The zero-order valence-corrected chi connectivity index (χ0v) is 15.4. The number of hydrazone groups is 1. The fraction of sp³-hybridized carbons (Fsp3) is 0.176. The molecule has 1 heterocycles. The van der Waals surface area contributed by atoms with Crippen LogP contribution in [0.4, 0.5) is 10.5 Å². The quantitative estimate of drug-likeness (QED) is 0.378. The zero-order valence-electron chi connectivity index (χ0n) is 14.6. The molecular weight excluding hydrogens is 358 g/mol. The van der Waals surface area contributed by atoms with Crippen LogP contribution in [0.1, 0.15) is 16.1 Å². The topological polar surface area (TPSA) is 97.4 Å². The van der Waals surface area contributed by atoms with Crippen LogP contribution in [0.5, 0.6) is 0 Å². The normalized spacial score (nSPS) is 10.1. The van der Waals surface area contributed by atoms with E-state index in [0.29, 0.717) is 11.4 Å². The van der Waals surface area contributed by atoms with Crippen molar-refractivity contribution >= 4 is 23.8 Å². The number of hydrogen-bond acceptors (Lipinski definition) is 3. The Bertz CT molecular complexity index is 862. The Balaban J connectivity index is 0.00000338. The van der Waals surface area contributed by atoms with E-state index in [1.54, 1.807) is 56.2 Å². The number of aromatic nitrogens is 1. The summed E-state index contributed by atoms with van der Waals surface area (Å²) in [6.45, 7) is 0. The summed E-state index contributed by atoms with van der Waals surface area (Å²) in [7, 11) is 4.83. The molecule has 2 rings (SSSR count). The van der Waals surface area contributed by atoms with Crippen LogP contribution in [0.2, 0.25) is 0 Å². The number of benzene rings is 1. The van der Waals surface area contributed by atoms with Crippen molar-refractivity contribution in [3.8, 4) is 0 Å². The van der Waals surface area contributed by atoms with Gasteiger partial charge in [0, 0.05) is 39.1 Å². The SMILES string of the molecule is CN(C)C(=O)c1c(/C=[NH+]/NC(=O)Nc2ccccc2)n(C)ccc1=O.[Cl-]. The van der Waals surface area contributed by atoms with Crippen molar-refractivity contribution in [1.29, 1.82) is 0 Å². The van der Waals surface area contributed by atoms with Gasteiger partial charge in [-0.15, -0.1) is 10.5 Å². The van der Waals surface area contributed by atoms with Crippen LogP contribution in [-0.2, 0) is 7.05 Å². The highest BCUT2D eigenvalue weighted by molar-refractivity contribution is 6.00. The Kier molecular flexibility index (Phi) is 7.54. The second-order valence-electron chi connectivity index (χ2n) is 5.48. The number of anilines is 1. The van der Waals surface area contributed by atoms with Crippen molar-refractivity contribution in [2.45, 2.75) is 0 Å². The number of amides is 3. The molecule has 0 saturated carbocycles. The van der Waals surface area contributed by atoms with E-state index in [1.165, 1.54) is 17.2 Å². The summed E-state index contributed by atoms with van der Waals surface area (Å²) in [4.78, 5) is 37.5. The summed E-state index contributed by atoms with van der Waals surface area (Å²) >= 11 is 0. The second kappa shape index (κ2) is 9.38. The number of nitrogens with one attached hydrogen (secondary N) is 3. The molecule has 0 radical (unpaired) electrons. The van der Waals surface area contributed by atoms with E-state index in [2.05, 4.69) is 15.8 Å². The molecule has 0 aliphatic heterocycles. The molecule has 0 aliphatic rings. The molecule has 0 spiro atoms. The molecule has 0 atom stereocenters. The first-order valence-corrected chi connectivity index (χ1v) is 7.52. The molecule has 1 aromatic heterocycles. The van der Waals surface area contributed by atoms with Gasteiger partial charge < -0.3 is 27.2 Å². The number of nitrogens with zero attached hydrogens (tertiary/aromatic N) is 2. The van der Waals surface area contributed by atoms with Gasteiger partial charge in [0.1, 0.15) is 11.3 Å². The number of halogens is 1. The Hall–Kier alpha value is -3.13. The lowest BCUT2D eigenvalue weighted by molar-refractivity contribution is -0.502. The summed E-state index contributed by atoms with van der Waals surface area (Å²) < 4.78 is 1.61. The molecule has 0 saturated heterocycles. The van der Waals surface area contributed by atoms with E-state index < -0.39 is 17.4 Å². The molecule has 2 aromatic rings. The lowest BCUT2D eigenvalue weighted by Gasteiger charge is -2.12. The minimum Gasteiger partial charge on any atom is -1.00 e. The number of rotatable bonds is 4. The molecular formula is C17H20ClN5O3. The third-order valence-electron chi connectivity index (χ3n) is 3.38. The molecule has 138 valence electrons. The number of carbonyl (C=O) groups excluding carboxylic acids is 2. The first-order chi connectivity index (χ1) is 11.9. The number of pyridine rings is 1. The number of aryl methyl sites for hydroxylation is 1. The first-order valence-electron chi connectivity index (χ1n) is 7.52. The fourth-order valence-electron chi connectivity index (χ4n) is 2.11. The molecule has 0 aliphatic carbocycles. The predicted octanol–water partition coefficient (Wildman–Crippen LogP) is -3.67. The van der Waals surface area contributed by atoms with Gasteiger partial charge in [-0.1, -0.05) is 18.2 Å². The van der Waals surface area contributed by atoms with Crippen molar-refractivity contribution in [3.05, 3.63) is 64.1 Å². The van der Waals surface area contributed by atoms with Crippen molar-refractivity contribution in [1.82, 2.24) is 14.9 Å². The van der Waals surface area contributed by atoms with E-state index >= 15 is 0 Å². The maximum atomic E-state index is 12.2. The van der Waals surface area contributed by atoms with E-state index in [0.717, 1.165) is 0 Å². The lowest BCUT2D eigenvalue weighted by atomic mass is 10.1. The molecule has 9 heteroatoms. The molecule has 26 heavy (non-hydrogen) atoms. The number of urea groups is 1. The monoisotopic (exact) mass is 377 g/mol. The average molecular weight is 378 g/mol. The Labute approximate surface area is 156 Å². The molecule has 1 aromatic carbocycles. The molecule has 3 amide bonds. The maximum absolute atomic E-state index is 12.2. The van der Waals surface area contributed by atoms with E-state index in [1.807, 2.05) is 6.07 Å². The highest BCUT2D eigenvalue weighted by atomic mass is 35.5. The number of hydrazine groups is 1. The lowest BCUT2D eigenvalue weighted by Crippen LogP contribution is -3.00. The first kappa shape index (κ1) is 20.9. The molecule has 0 bridgehead atoms. The molecule has 8 nitrogen and oxygen atoms in total. The van der Waals surface area contributed by atoms with Crippen molar-refractivity contribution in [2.24, 2.45) is 7.05 Å². The highest BCUT2D eigenvalue weighted by Gasteiger charge is 2.19. The second-order valence-corrected chi connectivity index (χ2v) is 5.48. The van der Waals surface area contributed by atoms with E-state index in [-0.39, 0.29) is 18.0 Å². The van der Waals surface area contributed by atoms with Crippen molar-refractivity contribution in [3.63, 3.8) is 0 Å². The van der Waals surface area contributed by atoms with Gasteiger partial charge in [0.2, 0.25) is 6.21 Å². The smallest absolute Gasteiger partial charge is 0.372 e. The van der Waals surface area contributed by atoms with Crippen molar-refractivity contribution in [2.75, 3.05) is 19.4 Å². The van der Waals surface area contributed by atoms with Gasteiger partial charge >= 0.3 is 6.03 Å². The van der Waals surface area contributed by atoms with Gasteiger partial charge in [0.25, 0.3) is 5.91 Å². The summed E-state index contributed by atoms with van der Waals surface area (Å²) in [6.07, 6.45) is 2.94. The number of carbonyl (C=O) groups is 2.